The van der Waals surface area contributed by atoms with Crippen LogP contribution in [0.4, 0.5) is 24.7 Å². The molecule has 0 atom stereocenters. The van der Waals surface area contributed by atoms with E-state index in [1.54, 1.807) is 24.3 Å². The Morgan fingerprint density at radius 2 is 1.71 bits per heavy atom. The molecule has 35 heavy (non-hydrogen) atoms. The monoisotopic (exact) mass is 490 g/mol. The molecule has 0 aliphatic heterocycles. The van der Waals surface area contributed by atoms with Gasteiger partial charge in [0.15, 0.2) is 5.69 Å². The van der Waals surface area contributed by atoms with E-state index in [4.69, 9.17) is 5.73 Å². The van der Waals surface area contributed by atoms with Gasteiger partial charge in [0.1, 0.15) is 11.6 Å². The third-order valence-corrected chi connectivity index (χ3v) is 5.18. The first-order chi connectivity index (χ1) is 16.5. The van der Waals surface area contributed by atoms with Crippen LogP contribution >= 0.6 is 0 Å². The molecule has 1 aromatic heterocycles. The van der Waals surface area contributed by atoms with Gasteiger partial charge < -0.3 is 15.4 Å². The molecule has 3 N–H and O–H groups in total. The number of carbonyl (C=O) groups is 1. The van der Waals surface area contributed by atoms with Gasteiger partial charge in [0, 0.05) is 12.1 Å². The van der Waals surface area contributed by atoms with Crippen LogP contribution in [0.15, 0.2) is 64.2 Å². The predicted molar refractivity (Wildman–Crippen MR) is 126 cm³/mol. The molecule has 0 unspecified atom stereocenters. The number of hydrogen-bond donors (Lipinski definition) is 2. The van der Waals surface area contributed by atoms with Crippen LogP contribution in [0, 0.1) is 5.92 Å². The Bertz CT molecular complexity index is 1280. The zero-order chi connectivity index (χ0) is 25.8. The van der Waals surface area contributed by atoms with Crippen molar-refractivity contribution in [3.8, 4) is 5.75 Å². The zero-order valence-electron chi connectivity index (χ0n) is 19.1. The number of carbonyl (C=O) groups excluding carboxylic acids is 1. The minimum atomic E-state index is -4.87. The molecule has 3 rings (SSSR count). The lowest BCUT2D eigenvalue weighted by molar-refractivity contribution is -0.274. The van der Waals surface area contributed by atoms with Crippen molar-refractivity contribution >= 4 is 17.4 Å². The number of nitrogens with two attached hydrogens (primary N) is 1. The second kappa shape index (κ2) is 10.5. The summed E-state index contributed by atoms with van der Waals surface area (Å²) < 4.78 is 42.4. The minimum absolute atomic E-state index is 0.0166. The number of nitrogens with zero attached hydrogens (tertiary/aromatic N) is 2. The number of anilines is 2. The Hall–Kier alpha value is -4.02. The van der Waals surface area contributed by atoms with Crippen molar-refractivity contribution in [3.05, 3.63) is 86.6 Å². The molecule has 0 saturated heterocycles. The summed E-state index contributed by atoms with van der Waals surface area (Å²) >= 11 is 0. The number of amides is 1. The summed E-state index contributed by atoms with van der Waals surface area (Å²) in [4.78, 5) is 42.1. The highest BCUT2D eigenvalue weighted by Crippen LogP contribution is 2.25. The van der Waals surface area contributed by atoms with Gasteiger partial charge in [0.05, 0.1) is 6.54 Å². The molecule has 8 nitrogen and oxygen atoms in total. The Morgan fingerprint density at radius 3 is 2.29 bits per heavy atom. The van der Waals surface area contributed by atoms with E-state index in [2.05, 4.69) is 9.72 Å². The van der Waals surface area contributed by atoms with Gasteiger partial charge in [-0.2, -0.15) is 0 Å². The highest BCUT2D eigenvalue weighted by atomic mass is 19.4. The lowest BCUT2D eigenvalue weighted by atomic mass is 10.1. The number of aromatic amines is 1. The van der Waals surface area contributed by atoms with Crippen LogP contribution in [-0.2, 0) is 6.54 Å². The smallest absolute Gasteiger partial charge is 0.406 e. The van der Waals surface area contributed by atoms with Gasteiger partial charge in [-0.15, -0.1) is 13.2 Å². The average Bonchev–Trinajstić information content (AvgIpc) is 2.78. The second-order valence-corrected chi connectivity index (χ2v) is 8.28. The summed E-state index contributed by atoms with van der Waals surface area (Å²) in [5, 5.41) is 0. The number of halogens is 3. The standard InChI is InChI=1S/C24H25F3N4O4/c1-15(2)12-13-30(22(33)17-8-10-18(11-9-17)35-24(25,26)27)19-20(28)31(23(34)29-21(19)32)14-16-6-4-3-5-7-16/h3-11,15H,12-14,28H2,1-2H3,(H,29,32,34). The molecule has 0 fully saturated rings. The van der Waals surface area contributed by atoms with Gasteiger partial charge in [0.2, 0.25) is 0 Å². The molecule has 0 aliphatic carbocycles. The van der Waals surface area contributed by atoms with E-state index < -0.39 is 29.3 Å². The molecule has 186 valence electrons. The SMILES string of the molecule is CC(C)CCN(C(=O)c1ccc(OC(F)(F)F)cc1)c1c(N)n(Cc2ccccc2)c(=O)[nH]c1=O. The van der Waals surface area contributed by atoms with Crippen LogP contribution in [0.2, 0.25) is 0 Å². The topological polar surface area (TPSA) is 110 Å². The molecule has 0 radical (unpaired) electrons. The van der Waals surface area contributed by atoms with Crippen LogP contribution in [0.3, 0.4) is 0 Å². The summed E-state index contributed by atoms with van der Waals surface area (Å²) in [5.74, 6) is -1.19. The second-order valence-electron chi connectivity index (χ2n) is 8.28. The number of nitrogen functional groups attached to an aromatic ring is 1. The molecular formula is C24H25F3N4O4. The Balaban J connectivity index is 2.03. The van der Waals surface area contributed by atoms with Crippen molar-refractivity contribution in [1.29, 1.82) is 0 Å². The molecule has 0 saturated carbocycles. The summed E-state index contributed by atoms with van der Waals surface area (Å²) in [5.41, 5.74) is 5.24. The number of alkyl halides is 3. The highest BCUT2D eigenvalue weighted by Gasteiger charge is 2.31. The molecule has 1 amide bonds. The number of aromatic nitrogens is 2. The average molecular weight is 490 g/mol. The van der Waals surface area contributed by atoms with Crippen molar-refractivity contribution in [3.63, 3.8) is 0 Å². The molecular weight excluding hydrogens is 465 g/mol. The molecule has 1 heterocycles. The van der Waals surface area contributed by atoms with Gasteiger partial charge in [-0.05, 0) is 42.2 Å². The van der Waals surface area contributed by atoms with Gasteiger partial charge >= 0.3 is 12.1 Å². The van der Waals surface area contributed by atoms with Crippen LogP contribution in [0.5, 0.6) is 5.75 Å². The molecule has 0 spiro atoms. The number of hydrogen-bond acceptors (Lipinski definition) is 5. The van der Waals surface area contributed by atoms with Crippen molar-refractivity contribution < 1.29 is 22.7 Å². The van der Waals surface area contributed by atoms with E-state index in [0.717, 1.165) is 39.3 Å². The van der Waals surface area contributed by atoms with E-state index in [-0.39, 0.29) is 36.1 Å². The normalized spacial score (nSPS) is 11.5. The summed E-state index contributed by atoms with van der Waals surface area (Å²) in [6, 6.07) is 13.3. The summed E-state index contributed by atoms with van der Waals surface area (Å²) in [6.45, 7) is 4.00. The fraction of sp³-hybridized carbons (Fsp3) is 0.292. The lowest BCUT2D eigenvalue weighted by Crippen LogP contribution is -2.42. The van der Waals surface area contributed by atoms with Crippen LogP contribution in [0.1, 0.15) is 36.2 Å². The molecule has 2 aromatic carbocycles. The fourth-order valence-corrected chi connectivity index (χ4v) is 3.42. The van der Waals surface area contributed by atoms with Gasteiger partial charge in [0.25, 0.3) is 11.5 Å². The Kier molecular flexibility index (Phi) is 7.68. The van der Waals surface area contributed by atoms with Crippen molar-refractivity contribution in [2.75, 3.05) is 17.2 Å². The van der Waals surface area contributed by atoms with Crippen molar-refractivity contribution in [2.24, 2.45) is 5.92 Å². The molecule has 11 heteroatoms. The third kappa shape index (κ3) is 6.52. The third-order valence-electron chi connectivity index (χ3n) is 5.18. The van der Waals surface area contributed by atoms with E-state index >= 15 is 0 Å². The number of nitrogens with one attached hydrogen (secondary N) is 1. The van der Waals surface area contributed by atoms with Gasteiger partial charge in [-0.3, -0.25) is 19.1 Å². The maximum atomic E-state index is 13.4. The van der Waals surface area contributed by atoms with Crippen LogP contribution in [-0.4, -0.2) is 28.4 Å². The number of benzene rings is 2. The molecule has 0 bridgehead atoms. The highest BCUT2D eigenvalue weighted by molar-refractivity contribution is 6.07. The van der Waals surface area contributed by atoms with Crippen molar-refractivity contribution in [1.82, 2.24) is 9.55 Å². The Morgan fingerprint density at radius 1 is 1.09 bits per heavy atom. The predicted octanol–water partition coefficient (Wildman–Crippen LogP) is 3.76. The summed E-state index contributed by atoms with van der Waals surface area (Å²) in [6.07, 6.45) is -4.37. The van der Waals surface area contributed by atoms with Gasteiger partial charge in [-0.25, -0.2) is 4.79 Å². The van der Waals surface area contributed by atoms with E-state index in [9.17, 15) is 27.6 Å². The fourth-order valence-electron chi connectivity index (χ4n) is 3.42. The first-order valence-corrected chi connectivity index (χ1v) is 10.8. The first kappa shape index (κ1) is 25.6. The summed E-state index contributed by atoms with van der Waals surface area (Å²) in [7, 11) is 0. The maximum absolute atomic E-state index is 13.4. The number of ether oxygens (including phenoxy) is 1. The van der Waals surface area contributed by atoms with E-state index in [1.807, 2.05) is 19.9 Å². The maximum Gasteiger partial charge on any atom is 0.573 e. The van der Waals surface area contributed by atoms with Crippen molar-refractivity contribution in [2.45, 2.75) is 33.2 Å². The quantitative estimate of drug-likeness (QED) is 0.500. The van der Waals surface area contributed by atoms with E-state index in [1.165, 1.54) is 0 Å². The van der Waals surface area contributed by atoms with Crippen LogP contribution in [0.25, 0.3) is 0 Å². The Labute approximate surface area is 198 Å². The lowest BCUT2D eigenvalue weighted by Gasteiger charge is -2.25. The largest absolute Gasteiger partial charge is 0.573 e. The zero-order valence-corrected chi connectivity index (χ0v) is 19.1. The first-order valence-electron chi connectivity index (χ1n) is 10.8. The minimum Gasteiger partial charge on any atom is -0.406 e. The molecule has 3 aromatic rings. The molecule has 0 aliphatic rings. The van der Waals surface area contributed by atoms with Gasteiger partial charge in [-0.1, -0.05) is 44.2 Å². The number of rotatable bonds is 8. The van der Waals surface area contributed by atoms with E-state index in [0.29, 0.717) is 6.42 Å². The number of H-pyrrole nitrogens is 1. The van der Waals surface area contributed by atoms with Crippen LogP contribution < -0.4 is 26.6 Å².